The number of hydrogen-bond acceptors (Lipinski definition) is 4. The highest BCUT2D eigenvalue weighted by molar-refractivity contribution is 7.10. The van der Waals surface area contributed by atoms with Crippen LogP contribution in [-0.2, 0) is 4.79 Å². The third-order valence-electron chi connectivity index (χ3n) is 4.69. The van der Waals surface area contributed by atoms with Gasteiger partial charge in [0.25, 0.3) is 0 Å². The summed E-state index contributed by atoms with van der Waals surface area (Å²) >= 11 is 1.54. The summed E-state index contributed by atoms with van der Waals surface area (Å²) in [5.74, 6) is -0.478. The van der Waals surface area contributed by atoms with E-state index in [-0.39, 0.29) is 24.3 Å². The van der Waals surface area contributed by atoms with Gasteiger partial charge in [0.2, 0.25) is 5.91 Å². The van der Waals surface area contributed by atoms with Crippen LogP contribution < -0.4 is 10.2 Å². The van der Waals surface area contributed by atoms with Crippen LogP contribution >= 0.6 is 11.3 Å². The second-order valence-electron chi connectivity index (χ2n) is 6.85. The van der Waals surface area contributed by atoms with Gasteiger partial charge in [-0.1, -0.05) is 43.3 Å². The molecule has 2 atom stereocenters. The molecule has 0 aliphatic heterocycles. The predicted octanol–water partition coefficient (Wildman–Crippen LogP) is 4.37. The van der Waals surface area contributed by atoms with Crippen LogP contribution in [-0.4, -0.2) is 30.2 Å². The molecule has 29 heavy (non-hydrogen) atoms. The van der Waals surface area contributed by atoms with Crippen LogP contribution in [0.2, 0.25) is 0 Å². The molecule has 6 heteroatoms. The minimum absolute atomic E-state index is 0.115. The standard InChI is InChI=1S/C23H25FN2O2S/c1-2-20(27)15-26(19-7-4-3-5-8-19)16-22(28)25-23(21-9-6-14-29-21)17-10-12-18(24)13-11-17/h3-14,20,23,27H,2,15-16H2,1H3,(H,25,28). The van der Waals surface area contributed by atoms with Crippen molar-refractivity contribution in [3.8, 4) is 0 Å². The number of rotatable bonds is 9. The Morgan fingerprint density at radius 3 is 2.45 bits per heavy atom. The van der Waals surface area contributed by atoms with E-state index in [9.17, 15) is 14.3 Å². The van der Waals surface area contributed by atoms with Crippen molar-refractivity contribution in [1.29, 1.82) is 0 Å². The van der Waals surface area contributed by atoms with Crippen LogP contribution in [0.5, 0.6) is 0 Å². The molecular weight excluding hydrogens is 387 g/mol. The van der Waals surface area contributed by atoms with Gasteiger partial charge < -0.3 is 15.3 Å². The predicted molar refractivity (Wildman–Crippen MR) is 116 cm³/mol. The molecule has 1 aromatic heterocycles. The topological polar surface area (TPSA) is 52.6 Å². The molecule has 2 N–H and O–H groups in total. The fourth-order valence-electron chi connectivity index (χ4n) is 3.09. The molecule has 1 amide bonds. The van der Waals surface area contributed by atoms with Crippen LogP contribution in [0.15, 0.2) is 72.1 Å². The molecule has 152 valence electrons. The van der Waals surface area contributed by atoms with Gasteiger partial charge in [-0.2, -0.15) is 0 Å². The number of anilines is 1. The Hall–Kier alpha value is -2.70. The summed E-state index contributed by atoms with van der Waals surface area (Å²) in [7, 11) is 0. The Balaban J connectivity index is 1.78. The molecule has 2 unspecified atom stereocenters. The zero-order valence-electron chi connectivity index (χ0n) is 16.3. The number of para-hydroxylation sites is 1. The highest BCUT2D eigenvalue weighted by atomic mass is 32.1. The summed E-state index contributed by atoms with van der Waals surface area (Å²) in [6, 6.07) is 19.3. The van der Waals surface area contributed by atoms with Crippen molar-refractivity contribution >= 4 is 22.9 Å². The SMILES string of the molecule is CCC(O)CN(CC(=O)NC(c1ccc(F)cc1)c1cccs1)c1ccccc1. The summed E-state index contributed by atoms with van der Waals surface area (Å²) in [6.07, 6.45) is 0.0893. The number of carbonyl (C=O) groups is 1. The lowest BCUT2D eigenvalue weighted by atomic mass is 10.1. The van der Waals surface area contributed by atoms with Gasteiger partial charge in [-0.25, -0.2) is 4.39 Å². The number of benzene rings is 2. The molecule has 0 fully saturated rings. The van der Waals surface area contributed by atoms with E-state index in [0.717, 1.165) is 16.1 Å². The molecule has 0 aliphatic rings. The molecule has 0 saturated carbocycles. The molecule has 0 bridgehead atoms. The molecule has 2 aromatic carbocycles. The summed E-state index contributed by atoms with van der Waals surface area (Å²) in [5.41, 5.74) is 1.70. The lowest BCUT2D eigenvalue weighted by Gasteiger charge is -2.27. The largest absolute Gasteiger partial charge is 0.391 e. The van der Waals surface area contributed by atoms with E-state index >= 15 is 0 Å². The number of amides is 1. The van der Waals surface area contributed by atoms with Gasteiger partial charge in [0, 0.05) is 17.1 Å². The number of nitrogens with zero attached hydrogens (tertiary/aromatic N) is 1. The lowest BCUT2D eigenvalue weighted by Crippen LogP contribution is -2.42. The summed E-state index contributed by atoms with van der Waals surface area (Å²) < 4.78 is 13.4. The normalized spacial score (nSPS) is 12.9. The average molecular weight is 413 g/mol. The Labute approximate surface area is 174 Å². The molecule has 0 radical (unpaired) electrons. The van der Waals surface area contributed by atoms with Gasteiger partial charge in [0.1, 0.15) is 5.82 Å². The van der Waals surface area contributed by atoms with Crippen molar-refractivity contribution in [2.24, 2.45) is 0 Å². The van der Waals surface area contributed by atoms with Crippen molar-refractivity contribution in [3.63, 3.8) is 0 Å². The van der Waals surface area contributed by atoms with E-state index in [1.165, 1.54) is 23.5 Å². The van der Waals surface area contributed by atoms with Gasteiger partial charge >= 0.3 is 0 Å². The second kappa shape index (κ2) is 10.2. The van der Waals surface area contributed by atoms with E-state index in [1.807, 2.05) is 59.7 Å². The van der Waals surface area contributed by atoms with E-state index < -0.39 is 6.10 Å². The quantitative estimate of drug-likeness (QED) is 0.549. The lowest BCUT2D eigenvalue weighted by molar-refractivity contribution is -0.120. The van der Waals surface area contributed by atoms with Crippen LogP contribution in [0.1, 0.15) is 29.8 Å². The first-order valence-corrected chi connectivity index (χ1v) is 10.5. The van der Waals surface area contributed by atoms with Crippen LogP contribution in [0, 0.1) is 5.82 Å². The van der Waals surface area contributed by atoms with Crippen LogP contribution in [0.4, 0.5) is 10.1 Å². The fraction of sp³-hybridized carbons (Fsp3) is 0.261. The zero-order chi connectivity index (χ0) is 20.6. The first-order chi connectivity index (χ1) is 14.1. The zero-order valence-corrected chi connectivity index (χ0v) is 17.1. The van der Waals surface area contributed by atoms with E-state index in [0.29, 0.717) is 13.0 Å². The maximum atomic E-state index is 13.4. The van der Waals surface area contributed by atoms with Gasteiger partial charge in [-0.3, -0.25) is 4.79 Å². The second-order valence-corrected chi connectivity index (χ2v) is 7.82. The number of carbonyl (C=O) groups excluding carboxylic acids is 1. The van der Waals surface area contributed by atoms with Gasteiger partial charge in [0.15, 0.2) is 0 Å². The number of halogens is 1. The van der Waals surface area contributed by atoms with Gasteiger partial charge in [-0.15, -0.1) is 11.3 Å². The summed E-state index contributed by atoms with van der Waals surface area (Å²) in [6.45, 7) is 2.40. The number of aliphatic hydroxyl groups excluding tert-OH is 1. The third kappa shape index (κ3) is 5.89. The Morgan fingerprint density at radius 2 is 1.83 bits per heavy atom. The molecular formula is C23H25FN2O2S. The van der Waals surface area contributed by atoms with Crippen molar-refractivity contribution in [1.82, 2.24) is 5.32 Å². The van der Waals surface area contributed by atoms with Crippen molar-refractivity contribution in [2.75, 3.05) is 18.0 Å². The highest BCUT2D eigenvalue weighted by Gasteiger charge is 2.21. The van der Waals surface area contributed by atoms with Crippen molar-refractivity contribution in [3.05, 3.63) is 88.4 Å². The molecule has 3 aromatic rings. The smallest absolute Gasteiger partial charge is 0.240 e. The van der Waals surface area contributed by atoms with E-state index in [1.54, 1.807) is 12.1 Å². The average Bonchev–Trinajstić information content (AvgIpc) is 3.27. The first kappa shape index (κ1) is 21.0. The first-order valence-electron chi connectivity index (χ1n) is 9.63. The van der Waals surface area contributed by atoms with Crippen LogP contribution in [0.25, 0.3) is 0 Å². The Kier molecular flexibility index (Phi) is 7.38. The molecule has 0 saturated heterocycles. The van der Waals surface area contributed by atoms with E-state index in [2.05, 4.69) is 5.32 Å². The molecule has 0 spiro atoms. The molecule has 4 nitrogen and oxygen atoms in total. The monoisotopic (exact) mass is 412 g/mol. The summed E-state index contributed by atoms with van der Waals surface area (Å²) in [4.78, 5) is 15.8. The summed E-state index contributed by atoms with van der Waals surface area (Å²) in [5, 5.41) is 15.2. The molecule has 0 aliphatic carbocycles. The minimum Gasteiger partial charge on any atom is -0.391 e. The number of aliphatic hydroxyl groups is 1. The number of thiophene rings is 1. The maximum absolute atomic E-state index is 13.4. The highest BCUT2D eigenvalue weighted by Crippen LogP contribution is 2.26. The van der Waals surface area contributed by atoms with Crippen molar-refractivity contribution in [2.45, 2.75) is 25.5 Å². The Bertz CT molecular complexity index is 885. The van der Waals surface area contributed by atoms with Crippen LogP contribution in [0.3, 0.4) is 0 Å². The Morgan fingerprint density at radius 1 is 1.10 bits per heavy atom. The van der Waals surface area contributed by atoms with E-state index in [4.69, 9.17) is 0 Å². The molecule has 1 heterocycles. The molecule has 3 rings (SSSR count). The third-order valence-corrected chi connectivity index (χ3v) is 5.63. The van der Waals surface area contributed by atoms with Gasteiger partial charge in [-0.05, 0) is 47.7 Å². The maximum Gasteiger partial charge on any atom is 0.240 e. The fourth-order valence-corrected chi connectivity index (χ4v) is 3.90. The van der Waals surface area contributed by atoms with Crippen molar-refractivity contribution < 1.29 is 14.3 Å². The number of hydrogen-bond donors (Lipinski definition) is 2. The number of nitrogens with one attached hydrogen (secondary N) is 1. The van der Waals surface area contributed by atoms with Gasteiger partial charge in [0.05, 0.1) is 18.7 Å². The minimum atomic E-state index is -0.520.